The number of hydrogen-bond donors (Lipinski definition) is 1. The van der Waals surface area contributed by atoms with Crippen molar-refractivity contribution in [2.75, 3.05) is 18.6 Å². The van der Waals surface area contributed by atoms with Gasteiger partial charge in [-0.1, -0.05) is 42.9 Å². The number of esters is 1. The number of anilines is 1. The van der Waals surface area contributed by atoms with E-state index in [9.17, 15) is 19.5 Å². The van der Waals surface area contributed by atoms with Gasteiger partial charge in [0.15, 0.2) is 10.9 Å². The molecule has 1 N–H and O–H groups in total. The number of carbonyl (C=O) groups excluding carboxylic acids is 3. The largest absolute Gasteiger partial charge is 0.503 e. The molecule has 1 amide bonds. The van der Waals surface area contributed by atoms with Crippen LogP contribution in [0.5, 0.6) is 5.75 Å². The highest BCUT2D eigenvalue weighted by atomic mass is 32.1. The lowest BCUT2D eigenvalue weighted by atomic mass is 9.95. The smallest absolute Gasteiger partial charge is 0.350 e. The zero-order chi connectivity index (χ0) is 25.1. The van der Waals surface area contributed by atoms with Crippen molar-refractivity contribution < 1.29 is 29.0 Å². The number of unbranched alkanes of at least 4 members (excludes halogenated alkanes) is 1. The second-order valence-electron chi connectivity index (χ2n) is 7.82. The van der Waals surface area contributed by atoms with E-state index in [-0.39, 0.29) is 15.6 Å². The van der Waals surface area contributed by atoms with E-state index < -0.39 is 29.5 Å². The lowest BCUT2D eigenvalue weighted by Crippen LogP contribution is -2.31. The Hall–Kier alpha value is -3.50. The number of thiazole rings is 1. The molecular weight excluding hydrogens is 488 g/mol. The molecule has 2 aromatic heterocycles. The molecule has 10 heteroatoms. The number of aliphatic hydroxyl groups is 1. The van der Waals surface area contributed by atoms with Crippen LogP contribution in [0.4, 0.5) is 5.13 Å². The Morgan fingerprint density at radius 1 is 1.23 bits per heavy atom. The summed E-state index contributed by atoms with van der Waals surface area (Å²) in [6.07, 6.45) is 1.86. The van der Waals surface area contributed by atoms with Crippen LogP contribution in [0.2, 0.25) is 0 Å². The fourth-order valence-corrected chi connectivity index (χ4v) is 5.46. The third-order valence-electron chi connectivity index (χ3n) is 5.50. The van der Waals surface area contributed by atoms with Crippen LogP contribution in [-0.4, -0.2) is 41.5 Å². The monoisotopic (exact) mass is 512 g/mol. The molecule has 1 aromatic carbocycles. The first-order chi connectivity index (χ1) is 16.9. The number of hydrogen-bond acceptors (Lipinski definition) is 9. The third-order valence-corrected chi connectivity index (χ3v) is 7.51. The summed E-state index contributed by atoms with van der Waals surface area (Å²) in [6, 6.07) is 9.51. The SMILES string of the molecule is CCCCOc1cccc(C2C(C(=O)c3cccs3)=C(O)C(=O)N2c2nc(C)c(C(=O)OC)s2)c1. The summed E-state index contributed by atoms with van der Waals surface area (Å²) in [5, 5.41) is 12.8. The van der Waals surface area contributed by atoms with Crippen LogP contribution in [0.3, 0.4) is 0 Å². The minimum atomic E-state index is -0.956. The van der Waals surface area contributed by atoms with Crippen LogP contribution < -0.4 is 9.64 Å². The van der Waals surface area contributed by atoms with Crippen LogP contribution in [0.1, 0.15) is 56.4 Å². The second kappa shape index (κ2) is 10.4. The highest BCUT2D eigenvalue weighted by molar-refractivity contribution is 7.17. The maximum atomic E-state index is 13.4. The molecule has 182 valence electrons. The number of aromatic nitrogens is 1. The fraction of sp³-hybridized carbons (Fsp3) is 0.280. The minimum Gasteiger partial charge on any atom is -0.503 e. The predicted octanol–water partition coefficient (Wildman–Crippen LogP) is 5.26. The molecule has 0 radical (unpaired) electrons. The van der Waals surface area contributed by atoms with Gasteiger partial charge in [-0.05, 0) is 42.5 Å². The maximum absolute atomic E-state index is 13.4. The molecule has 0 aliphatic carbocycles. The molecule has 4 rings (SSSR count). The van der Waals surface area contributed by atoms with E-state index in [1.807, 2.05) is 0 Å². The van der Waals surface area contributed by atoms with E-state index in [0.29, 0.717) is 28.5 Å². The summed E-state index contributed by atoms with van der Waals surface area (Å²) < 4.78 is 10.7. The Bertz CT molecular complexity index is 1300. The number of aliphatic hydroxyl groups excluding tert-OH is 1. The zero-order valence-corrected chi connectivity index (χ0v) is 21.1. The Labute approximate surface area is 210 Å². The van der Waals surface area contributed by atoms with Crippen molar-refractivity contribution >= 4 is 45.5 Å². The molecule has 1 aliphatic heterocycles. The van der Waals surface area contributed by atoms with Gasteiger partial charge in [0.1, 0.15) is 10.6 Å². The van der Waals surface area contributed by atoms with Crippen molar-refractivity contribution in [3.05, 3.63) is 74.1 Å². The van der Waals surface area contributed by atoms with Gasteiger partial charge in [-0.3, -0.25) is 14.5 Å². The van der Waals surface area contributed by atoms with Crippen LogP contribution in [0.25, 0.3) is 0 Å². The van der Waals surface area contributed by atoms with E-state index in [4.69, 9.17) is 9.47 Å². The van der Waals surface area contributed by atoms with Gasteiger partial charge in [0.2, 0.25) is 5.78 Å². The molecule has 0 saturated carbocycles. The first-order valence-electron chi connectivity index (χ1n) is 11.0. The van der Waals surface area contributed by atoms with Crippen molar-refractivity contribution in [2.24, 2.45) is 0 Å². The number of aryl methyl sites for hydroxylation is 1. The summed E-state index contributed by atoms with van der Waals surface area (Å²) >= 11 is 2.19. The molecule has 0 bridgehead atoms. The van der Waals surface area contributed by atoms with E-state index >= 15 is 0 Å². The molecule has 0 spiro atoms. The molecule has 3 heterocycles. The number of ketones is 1. The van der Waals surface area contributed by atoms with E-state index in [1.165, 1.54) is 23.3 Å². The molecular formula is C25H24N2O6S2. The van der Waals surface area contributed by atoms with Gasteiger partial charge in [-0.2, -0.15) is 0 Å². The first-order valence-corrected chi connectivity index (χ1v) is 12.7. The Morgan fingerprint density at radius 3 is 2.71 bits per heavy atom. The Balaban J connectivity index is 1.82. The summed E-state index contributed by atoms with van der Waals surface area (Å²) in [4.78, 5) is 45.2. The average Bonchev–Trinajstić information content (AvgIpc) is 3.58. The van der Waals surface area contributed by atoms with E-state index in [2.05, 4.69) is 11.9 Å². The van der Waals surface area contributed by atoms with Crippen molar-refractivity contribution in [1.29, 1.82) is 0 Å². The summed E-state index contributed by atoms with van der Waals surface area (Å²) in [5.41, 5.74) is 0.914. The second-order valence-corrected chi connectivity index (χ2v) is 9.75. The highest BCUT2D eigenvalue weighted by Crippen LogP contribution is 2.44. The first kappa shape index (κ1) is 24.6. The molecule has 1 aliphatic rings. The normalized spacial score (nSPS) is 15.6. The molecule has 1 atom stereocenters. The quantitative estimate of drug-likeness (QED) is 0.237. The van der Waals surface area contributed by atoms with Gasteiger partial charge in [0, 0.05) is 0 Å². The van der Waals surface area contributed by atoms with Gasteiger partial charge in [-0.15, -0.1) is 11.3 Å². The van der Waals surface area contributed by atoms with Gasteiger partial charge in [0.05, 0.1) is 35.9 Å². The molecule has 0 saturated heterocycles. The van der Waals surface area contributed by atoms with Crippen LogP contribution >= 0.6 is 22.7 Å². The summed E-state index contributed by atoms with van der Waals surface area (Å²) in [6.45, 7) is 4.23. The fourth-order valence-electron chi connectivity index (χ4n) is 3.77. The number of carbonyl (C=O) groups is 3. The maximum Gasteiger partial charge on any atom is 0.350 e. The van der Waals surface area contributed by atoms with Gasteiger partial charge < -0.3 is 14.6 Å². The number of rotatable bonds is 9. The van der Waals surface area contributed by atoms with Gasteiger partial charge in [0.25, 0.3) is 5.91 Å². The van der Waals surface area contributed by atoms with Crippen LogP contribution in [0, 0.1) is 6.92 Å². The Kier molecular flexibility index (Phi) is 7.32. The molecule has 35 heavy (non-hydrogen) atoms. The van der Waals surface area contributed by atoms with Gasteiger partial charge >= 0.3 is 5.97 Å². The average molecular weight is 513 g/mol. The van der Waals surface area contributed by atoms with Gasteiger partial charge in [-0.25, -0.2) is 9.78 Å². The zero-order valence-electron chi connectivity index (χ0n) is 19.4. The van der Waals surface area contributed by atoms with E-state index in [0.717, 1.165) is 24.2 Å². The van der Waals surface area contributed by atoms with Crippen molar-refractivity contribution in [1.82, 2.24) is 4.98 Å². The summed E-state index contributed by atoms with van der Waals surface area (Å²) in [7, 11) is 1.26. The number of ether oxygens (including phenoxy) is 2. The number of nitrogens with zero attached hydrogens (tertiary/aromatic N) is 2. The number of benzene rings is 1. The standard InChI is InChI=1S/C25H24N2O6S2/c1-4-5-11-33-16-9-6-8-15(13-16)19-18(20(28)17-10-7-12-34-17)21(29)23(30)27(19)25-26-14(2)22(35-25)24(31)32-3/h6-10,12-13,19,29H,4-5,11H2,1-3H3. The number of methoxy groups -OCH3 is 1. The summed E-state index contributed by atoms with van der Waals surface area (Å²) in [5.74, 6) is -1.84. The van der Waals surface area contributed by atoms with Crippen LogP contribution in [0.15, 0.2) is 53.1 Å². The third kappa shape index (κ3) is 4.71. The molecule has 0 fully saturated rings. The highest BCUT2D eigenvalue weighted by Gasteiger charge is 2.46. The minimum absolute atomic E-state index is 0.0457. The molecule has 3 aromatic rings. The molecule has 1 unspecified atom stereocenters. The number of thiophene rings is 1. The van der Waals surface area contributed by atoms with Crippen molar-refractivity contribution in [3.63, 3.8) is 0 Å². The topological polar surface area (TPSA) is 106 Å². The predicted molar refractivity (Wildman–Crippen MR) is 134 cm³/mol. The lowest BCUT2D eigenvalue weighted by molar-refractivity contribution is -0.117. The van der Waals surface area contributed by atoms with Crippen LogP contribution in [-0.2, 0) is 9.53 Å². The lowest BCUT2D eigenvalue weighted by Gasteiger charge is -2.24. The molecule has 8 nitrogen and oxygen atoms in total. The number of Topliss-reactive ketones (excluding diaryl/α,β-unsaturated/α-hetero) is 1. The van der Waals surface area contributed by atoms with Crippen molar-refractivity contribution in [2.45, 2.75) is 32.7 Å². The van der Waals surface area contributed by atoms with Crippen molar-refractivity contribution in [3.8, 4) is 5.75 Å². The number of amides is 1. The van der Waals surface area contributed by atoms with E-state index in [1.54, 1.807) is 48.7 Å². The Morgan fingerprint density at radius 2 is 2.03 bits per heavy atom.